The van der Waals surface area contributed by atoms with E-state index in [1.165, 1.54) is 0 Å². The summed E-state index contributed by atoms with van der Waals surface area (Å²) in [5, 5.41) is 0. The molecule has 0 amide bonds. The lowest BCUT2D eigenvalue weighted by atomic mass is 9.72. The van der Waals surface area contributed by atoms with Crippen molar-refractivity contribution in [2.45, 2.75) is 45.3 Å². The second-order valence-corrected chi connectivity index (χ2v) is 4.79. The molecule has 1 saturated carbocycles. The Kier molecular flexibility index (Phi) is 1.12. The first-order valence-electron chi connectivity index (χ1n) is 4.14. The average Bonchev–Trinajstić information content (AvgIpc) is 2.36. The van der Waals surface area contributed by atoms with Crippen molar-refractivity contribution in [2.24, 2.45) is 5.41 Å². The molecule has 0 radical (unpaired) electrons. The van der Waals surface area contributed by atoms with Gasteiger partial charge < -0.3 is 4.74 Å². The molecular formula is C9H14O2. The molecule has 2 aliphatic rings. The summed E-state index contributed by atoms with van der Waals surface area (Å²) in [6.07, 6.45) is 1.65. The van der Waals surface area contributed by atoms with E-state index < -0.39 is 0 Å². The predicted octanol–water partition coefficient (Wildman–Crippen LogP) is 1.53. The van der Waals surface area contributed by atoms with Crippen LogP contribution in [0.15, 0.2) is 0 Å². The fraction of sp³-hybridized carbons (Fsp3) is 0.889. The summed E-state index contributed by atoms with van der Waals surface area (Å²) in [7, 11) is 0. The molecule has 11 heavy (non-hydrogen) atoms. The van der Waals surface area contributed by atoms with Gasteiger partial charge in [-0.15, -0.1) is 0 Å². The van der Waals surface area contributed by atoms with Crippen molar-refractivity contribution in [3.05, 3.63) is 0 Å². The lowest BCUT2D eigenvalue weighted by Crippen LogP contribution is -2.34. The van der Waals surface area contributed by atoms with E-state index >= 15 is 0 Å². The summed E-state index contributed by atoms with van der Waals surface area (Å²) >= 11 is 0. The Bertz CT molecular complexity index is 217. The molecular weight excluding hydrogens is 140 g/mol. The van der Waals surface area contributed by atoms with Crippen molar-refractivity contribution in [2.75, 3.05) is 0 Å². The van der Waals surface area contributed by atoms with E-state index in [9.17, 15) is 4.79 Å². The highest BCUT2D eigenvalue weighted by molar-refractivity contribution is 5.88. The molecule has 0 aromatic heterocycles. The number of Topliss-reactive ketones (excluding diaryl/α,β-unsaturated/α-hetero) is 1. The minimum absolute atomic E-state index is 0.0597. The zero-order valence-electron chi connectivity index (χ0n) is 7.31. The Hall–Kier alpha value is -0.370. The third kappa shape index (κ3) is 1.00. The highest BCUT2D eigenvalue weighted by Gasteiger charge is 2.62. The van der Waals surface area contributed by atoms with Gasteiger partial charge in [0.15, 0.2) is 5.78 Å². The van der Waals surface area contributed by atoms with Gasteiger partial charge in [0.25, 0.3) is 0 Å². The van der Waals surface area contributed by atoms with Gasteiger partial charge in [-0.25, -0.2) is 0 Å². The summed E-state index contributed by atoms with van der Waals surface area (Å²) in [4.78, 5) is 11.3. The topological polar surface area (TPSA) is 29.6 Å². The van der Waals surface area contributed by atoms with Gasteiger partial charge in [-0.1, -0.05) is 13.8 Å². The number of carbonyl (C=O) groups is 1. The van der Waals surface area contributed by atoms with Crippen LogP contribution in [0.1, 0.15) is 33.6 Å². The second kappa shape index (κ2) is 1.69. The van der Waals surface area contributed by atoms with Gasteiger partial charge >= 0.3 is 0 Å². The summed E-state index contributed by atoms with van der Waals surface area (Å²) < 4.78 is 5.36. The number of hydrogen-bond acceptors (Lipinski definition) is 2. The van der Waals surface area contributed by atoms with E-state index in [1.54, 1.807) is 0 Å². The van der Waals surface area contributed by atoms with Crippen LogP contribution in [0.25, 0.3) is 0 Å². The zero-order chi connectivity index (χ0) is 8.28. The lowest BCUT2D eigenvalue weighted by molar-refractivity contribution is -0.123. The van der Waals surface area contributed by atoms with Gasteiger partial charge in [-0.2, -0.15) is 0 Å². The molecule has 62 valence electrons. The second-order valence-electron chi connectivity index (χ2n) is 4.79. The smallest absolute Gasteiger partial charge is 0.165 e. The molecule has 0 unspecified atom stereocenters. The molecule has 1 aliphatic carbocycles. The number of fused-ring (bicyclic) bond motifs is 1. The average molecular weight is 154 g/mol. The van der Waals surface area contributed by atoms with Gasteiger partial charge in [0.2, 0.25) is 0 Å². The maximum absolute atomic E-state index is 11.3. The van der Waals surface area contributed by atoms with Crippen molar-refractivity contribution < 1.29 is 9.53 Å². The minimum atomic E-state index is -0.0984. The minimum Gasteiger partial charge on any atom is -0.358 e. The number of ketones is 1. The van der Waals surface area contributed by atoms with Crippen molar-refractivity contribution in [1.82, 2.24) is 0 Å². The first kappa shape index (κ1) is 7.29. The molecule has 2 nitrogen and oxygen atoms in total. The van der Waals surface area contributed by atoms with Crippen LogP contribution >= 0.6 is 0 Å². The van der Waals surface area contributed by atoms with Crippen LogP contribution in [-0.2, 0) is 9.53 Å². The van der Waals surface area contributed by atoms with E-state index in [4.69, 9.17) is 4.74 Å². The first-order chi connectivity index (χ1) is 4.93. The van der Waals surface area contributed by atoms with Gasteiger partial charge in [0, 0.05) is 6.42 Å². The number of hydrogen-bond donors (Lipinski definition) is 0. The van der Waals surface area contributed by atoms with Crippen molar-refractivity contribution >= 4 is 5.78 Å². The molecule has 1 heterocycles. The Labute approximate surface area is 66.9 Å². The molecule has 0 aromatic rings. The zero-order valence-corrected chi connectivity index (χ0v) is 7.31. The van der Waals surface area contributed by atoms with Crippen LogP contribution in [-0.4, -0.2) is 17.5 Å². The van der Waals surface area contributed by atoms with Crippen LogP contribution in [0.5, 0.6) is 0 Å². The molecule has 2 heteroatoms. The van der Waals surface area contributed by atoms with Gasteiger partial charge in [-0.05, 0) is 18.8 Å². The van der Waals surface area contributed by atoms with Crippen LogP contribution in [0.3, 0.4) is 0 Å². The van der Waals surface area contributed by atoms with Crippen molar-refractivity contribution in [3.8, 4) is 0 Å². The SMILES string of the molecule is CC1(C)CC(=O)[C@H]2O[C@]2(C)C1. The lowest BCUT2D eigenvalue weighted by Gasteiger charge is -2.29. The van der Waals surface area contributed by atoms with Crippen molar-refractivity contribution in [3.63, 3.8) is 0 Å². The summed E-state index contributed by atoms with van der Waals surface area (Å²) in [5.74, 6) is 0.295. The Morgan fingerprint density at radius 2 is 2.09 bits per heavy atom. The third-order valence-electron chi connectivity index (χ3n) is 2.66. The summed E-state index contributed by atoms with van der Waals surface area (Å²) in [6, 6.07) is 0. The fourth-order valence-electron chi connectivity index (χ4n) is 2.35. The van der Waals surface area contributed by atoms with Crippen LogP contribution in [0, 0.1) is 5.41 Å². The molecule has 0 bridgehead atoms. The van der Waals surface area contributed by atoms with E-state index in [0.29, 0.717) is 12.2 Å². The highest BCUT2D eigenvalue weighted by Crippen LogP contribution is 2.52. The van der Waals surface area contributed by atoms with Crippen molar-refractivity contribution in [1.29, 1.82) is 0 Å². The van der Waals surface area contributed by atoms with E-state index in [-0.39, 0.29) is 17.1 Å². The number of rotatable bonds is 0. The monoisotopic (exact) mass is 154 g/mol. The third-order valence-corrected chi connectivity index (χ3v) is 2.66. The Balaban J connectivity index is 2.21. The molecule has 2 rings (SSSR count). The van der Waals surface area contributed by atoms with Gasteiger partial charge in [-0.3, -0.25) is 4.79 Å². The predicted molar refractivity (Wildman–Crippen MR) is 41.3 cm³/mol. The largest absolute Gasteiger partial charge is 0.358 e. The molecule has 0 N–H and O–H groups in total. The summed E-state index contributed by atoms with van der Waals surface area (Å²) in [6.45, 7) is 6.30. The molecule has 0 spiro atoms. The van der Waals surface area contributed by atoms with Crippen LogP contribution in [0.4, 0.5) is 0 Å². The fourth-order valence-corrected chi connectivity index (χ4v) is 2.35. The maximum atomic E-state index is 11.3. The molecule has 0 aromatic carbocycles. The standard InChI is InChI=1S/C9H14O2/c1-8(2)4-6(10)7-9(3,5-8)11-7/h7H,4-5H2,1-3H3/t7-,9-/m1/s1. The normalized spacial score (nSPS) is 46.8. The molecule has 1 saturated heterocycles. The molecule has 1 aliphatic heterocycles. The Morgan fingerprint density at radius 1 is 1.45 bits per heavy atom. The summed E-state index contributed by atoms with van der Waals surface area (Å²) in [5.41, 5.74) is 0.0532. The molecule has 2 atom stereocenters. The maximum Gasteiger partial charge on any atom is 0.165 e. The Morgan fingerprint density at radius 3 is 2.64 bits per heavy atom. The van der Waals surface area contributed by atoms with Crippen LogP contribution in [0.2, 0.25) is 0 Å². The van der Waals surface area contributed by atoms with E-state index in [1.807, 2.05) is 6.92 Å². The van der Waals surface area contributed by atoms with Crippen LogP contribution < -0.4 is 0 Å². The quantitative estimate of drug-likeness (QED) is 0.495. The highest BCUT2D eigenvalue weighted by atomic mass is 16.6. The number of epoxide rings is 1. The number of carbonyl (C=O) groups excluding carboxylic acids is 1. The van der Waals surface area contributed by atoms with E-state index in [2.05, 4.69) is 13.8 Å². The van der Waals surface area contributed by atoms with Gasteiger partial charge in [0.1, 0.15) is 11.7 Å². The number of ether oxygens (including phenoxy) is 1. The first-order valence-corrected chi connectivity index (χ1v) is 4.14. The molecule has 2 fully saturated rings. The van der Waals surface area contributed by atoms with Gasteiger partial charge in [0.05, 0.1) is 0 Å². The van der Waals surface area contributed by atoms with E-state index in [0.717, 1.165) is 6.42 Å².